The monoisotopic (exact) mass is 240 g/mol. The smallest absolute Gasteiger partial charge is 0.419 e. The Hall–Kier alpha value is -1.26. The summed E-state index contributed by atoms with van der Waals surface area (Å²) in [5.41, 5.74) is 4.73. The Labute approximate surface area is 98.8 Å². The van der Waals surface area contributed by atoms with Crippen molar-refractivity contribution in [3.63, 3.8) is 0 Å². The lowest BCUT2D eigenvalue weighted by Crippen LogP contribution is -2.46. The zero-order chi connectivity index (χ0) is 11.7. The minimum absolute atomic E-state index is 0.0125. The highest BCUT2D eigenvalue weighted by atomic mass is 35.5. The minimum Gasteiger partial charge on any atom is -0.464 e. The summed E-state index contributed by atoms with van der Waals surface area (Å²) in [6.45, 7) is 2.65. The number of halogens is 1. The normalized spacial score (nSPS) is 20.2. The Morgan fingerprint density at radius 2 is 2.38 bits per heavy atom. The number of benzene rings is 1. The van der Waals surface area contributed by atoms with Gasteiger partial charge in [-0.1, -0.05) is 17.7 Å². The van der Waals surface area contributed by atoms with E-state index in [0.29, 0.717) is 11.6 Å². The molecule has 1 aromatic carbocycles. The van der Waals surface area contributed by atoms with Gasteiger partial charge in [-0.3, -0.25) is 5.43 Å². The fourth-order valence-electron chi connectivity index (χ4n) is 2.06. The molecule has 1 heterocycles. The van der Waals surface area contributed by atoms with Crippen LogP contribution in [0, 0.1) is 0 Å². The SMILES string of the molecule is CC1c2cc(Cl)ccc2CCN1NC(=O)O. The van der Waals surface area contributed by atoms with E-state index in [9.17, 15) is 4.79 Å². The number of hydrogen-bond acceptors (Lipinski definition) is 2. The molecule has 1 aliphatic rings. The lowest BCUT2D eigenvalue weighted by molar-refractivity contribution is 0.106. The van der Waals surface area contributed by atoms with Crippen molar-refractivity contribution in [3.05, 3.63) is 34.3 Å². The summed E-state index contributed by atoms with van der Waals surface area (Å²) in [6, 6.07) is 5.79. The molecule has 2 rings (SSSR count). The van der Waals surface area contributed by atoms with Crippen LogP contribution in [0.2, 0.25) is 5.02 Å². The van der Waals surface area contributed by atoms with Crippen LogP contribution in [-0.4, -0.2) is 22.8 Å². The number of amides is 1. The van der Waals surface area contributed by atoms with E-state index in [-0.39, 0.29) is 6.04 Å². The zero-order valence-corrected chi connectivity index (χ0v) is 9.66. The molecule has 1 unspecified atom stereocenters. The van der Waals surface area contributed by atoms with E-state index < -0.39 is 6.09 Å². The number of hydrazine groups is 1. The van der Waals surface area contributed by atoms with Crippen molar-refractivity contribution < 1.29 is 9.90 Å². The number of rotatable bonds is 1. The Balaban J connectivity index is 2.26. The maximum absolute atomic E-state index is 10.6. The fourth-order valence-corrected chi connectivity index (χ4v) is 2.24. The van der Waals surface area contributed by atoms with Gasteiger partial charge >= 0.3 is 6.09 Å². The molecular formula is C11H13ClN2O2. The largest absolute Gasteiger partial charge is 0.464 e. The summed E-state index contributed by atoms with van der Waals surface area (Å²) < 4.78 is 0. The molecule has 86 valence electrons. The Morgan fingerprint density at radius 3 is 3.06 bits per heavy atom. The van der Waals surface area contributed by atoms with Crippen molar-refractivity contribution >= 4 is 17.7 Å². The molecule has 0 fully saturated rings. The van der Waals surface area contributed by atoms with Crippen LogP contribution in [0.25, 0.3) is 0 Å². The first kappa shape index (κ1) is 11.2. The predicted molar refractivity (Wildman–Crippen MR) is 61.4 cm³/mol. The first-order chi connectivity index (χ1) is 7.58. The van der Waals surface area contributed by atoms with Crippen molar-refractivity contribution in [2.24, 2.45) is 0 Å². The molecule has 0 bridgehead atoms. The number of carboxylic acid groups (broad SMARTS) is 1. The van der Waals surface area contributed by atoms with Gasteiger partial charge in [-0.25, -0.2) is 9.80 Å². The van der Waals surface area contributed by atoms with Crippen LogP contribution < -0.4 is 5.43 Å². The van der Waals surface area contributed by atoms with Crippen molar-refractivity contribution in [1.29, 1.82) is 0 Å². The third kappa shape index (κ3) is 2.13. The van der Waals surface area contributed by atoms with Crippen LogP contribution in [0.15, 0.2) is 18.2 Å². The molecule has 16 heavy (non-hydrogen) atoms. The van der Waals surface area contributed by atoms with Gasteiger partial charge in [0.25, 0.3) is 0 Å². The van der Waals surface area contributed by atoms with Crippen molar-refractivity contribution in [1.82, 2.24) is 10.4 Å². The Morgan fingerprint density at radius 1 is 1.62 bits per heavy atom. The van der Waals surface area contributed by atoms with Crippen LogP contribution in [0.1, 0.15) is 24.1 Å². The Kier molecular flexibility index (Phi) is 3.03. The highest BCUT2D eigenvalue weighted by Crippen LogP contribution is 2.29. The van der Waals surface area contributed by atoms with Crippen LogP contribution in [0.5, 0.6) is 0 Å². The summed E-state index contributed by atoms with van der Waals surface area (Å²) in [5, 5.41) is 11.1. The standard InChI is InChI=1S/C11H13ClN2O2/c1-7-10-6-9(12)3-2-8(10)4-5-14(7)13-11(15)16/h2-3,6-7,13H,4-5H2,1H3,(H,15,16). The molecular weight excluding hydrogens is 228 g/mol. The number of fused-ring (bicyclic) bond motifs is 1. The second-order valence-electron chi connectivity index (χ2n) is 3.88. The molecule has 0 aliphatic carbocycles. The lowest BCUT2D eigenvalue weighted by atomic mass is 9.95. The van der Waals surface area contributed by atoms with Crippen molar-refractivity contribution in [2.75, 3.05) is 6.54 Å². The van der Waals surface area contributed by atoms with E-state index in [2.05, 4.69) is 5.43 Å². The van der Waals surface area contributed by atoms with E-state index in [1.165, 1.54) is 5.56 Å². The first-order valence-corrected chi connectivity index (χ1v) is 5.50. The quantitative estimate of drug-likeness (QED) is 0.793. The third-order valence-corrected chi connectivity index (χ3v) is 3.12. The number of hydrogen-bond donors (Lipinski definition) is 2. The van der Waals surface area contributed by atoms with Gasteiger partial charge in [0.15, 0.2) is 0 Å². The van der Waals surface area contributed by atoms with Gasteiger partial charge in [0, 0.05) is 11.6 Å². The van der Waals surface area contributed by atoms with Crippen LogP contribution in [-0.2, 0) is 6.42 Å². The highest BCUT2D eigenvalue weighted by molar-refractivity contribution is 6.30. The molecule has 0 spiro atoms. The molecule has 1 aliphatic heterocycles. The topological polar surface area (TPSA) is 52.6 Å². The van der Waals surface area contributed by atoms with E-state index in [0.717, 1.165) is 12.0 Å². The second-order valence-corrected chi connectivity index (χ2v) is 4.32. The number of nitrogens with zero attached hydrogens (tertiary/aromatic N) is 1. The van der Waals surface area contributed by atoms with Crippen molar-refractivity contribution in [2.45, 2.75) is 19.4 Å². The maximum atomic E-state index is 10.6. The molecule has 0 saturated heterocycles. The van der Waals surface area contributed by atoms with Gasteiger partial charge in [-0.05, 0) is 36.6 Å². The summed E-state index contributed by atoms with van der Waals surface area (Å²) in [6.07, 6.45) is -0.200. The van der Waals surface area contributed by atoms with Gasteiger partial charge in [0.2, 0.25) is 0 Å². The van der Waals surface area contributed by atoms with Crippen molar-refractivity contribution in [3.8, 4) is 0 Å². The molecule has 1 atom stereocenters. The van der Waals surface area contributed by atoms with Gasteiger partial charge in [-0.2, -0.15) is 0 Å². The summed E-state index contributed by atoms with van der Waals surface area (Å²) in [4.78, 5) is 10.6. The average Bonchev–Trinajstić information content (AvgIpc) is 2.22. The molecule has 0 aromatic heterocycles. The van der Waals surface area contributed by atoms with E-state index in [1.807, 2.05) is 25.1 Å². The third-order valence-electron chi connectivity index (χ3n) is 2.89. The van der Waals surface area contributed by atoms with Gasteiger partial charge < -0.3 is 5.11 Å². The molecule has 2 N–H and O–H groups in total. The summed E-state index contributed by atoms with van der Waals surface area (Å²) in [7, 11) is 0. The molecule has 5 heteroatoms. The van der Waals surface area contributed by atoms with Gasteiger partial charge in [0.05, 0.1) is 6.04 Å². The lowest BCUT2D eigenvalue weighted by Gasteiger charge is -2.34. The zero-order valence-electron chi connectivity index (χ0n) is 8.90. The fraction of sp³-hybridized carbons (Fsp3) is 0.364. The summed E-state index contributed by atoms with van der Waals surface area (Å²) in [5.74, 6) is 0. The first-order valence-electron chi connectivity index (χ1n) is 5.12. The maximum Gasteiger partial charge on any atom is 0.419 e. The van der Waals surface area contributed by atoms with E-state index >= 15 is 0 Å². The number of carbonyl (C=O) groups is 1. The number of nitrogens with one attached hydrogen (secondary N) is 1. The second kappa shape index (κ2) is 4.31. The van der Waals surface area contributed by atoms with E-state index in [4.69, 9.17) is 16.7 Å². The van der Waals surface area contributed by atoms with Gasteiger partial charge in [0.1, 0.15) is 0 Å². The molecule has 4 nitrogen and oxygen atoms in total. The van der Waals surface area contributed by atoms with Crippen LogP contribution >= 0.6 is 11.6 Å². The minimum atomic E-state index is -1.03. The molecule has 1 amide bonds. The van der Waals surface area contributed by atoms with E-state index in [1.54, 1.807) is 5.01 Å². The predicted octanol–water partition coefficient (Wildman–Crippen LogP) is 2.44. The highest BCUT2D eigenvalue weighted by Gasteiger charge is 2.24. The van der Waals surface area contributed by atoms with Crippen LogP contribution in [0.4, 0.5) is 4.79 Å². The molecule has 0 radical (unpaired) electrons. The Bertz CT molecular complexity index is 422. The van der Waals surface area contributed by atoms with Crippen LogP contribution in [0.3, 0.4) is 0 Å². The molecule has 0 saturated carbocycles. The van der Waals surface area contributed by atoms with Gasteiger partial charge in [-0.15, -0.1) is 0 Å². The summed E-state index contributed by atoms with van der Waals surface area (Å²) >= 11 is 5.94. The molecule has 1 aromatic rings. The average molecular weight is 241 g/mol.